The maximum absolute atomic E-state index is 11.5. The second-order valence-electron chi connectivity index (χ2n) is 4.91. The van der Waals surface area contributed by atoms with E-state index in [-0.39, 0.29) is 5.76 Å². The molecular weight excluding hydrogens is 264 g/mol. The van der Waals surface area contributed by atoms with Crippen LogP contribution in [0.4, 0.5) is 0 Å². The van der Waals surface area contributed by atoms with Crippen molar-refractivity contribution in [3.63, 3.8) is 0 Å². The van der Waals surface area contributed by atoms with E-state index in [1.54, 1.807) is 0 Å². The fourth-order valence-electron chi connectivity index (χ4n) is 2.00. The van der Waals surface area contributed by atoms with Crippen molar-refractivity contribution < 1.29 is 29.6 Å². The lowest BCUT2D eigenvalue weighted by Gasteiger charge is -2.13. The number of carbonyl (C=O) groups excluding carboxylic acids is 1. The average molecular weight is 288 g/mol. The summed E-state index contributed by atoms with van der Waals surface area (Å²) >= 11 is 0. The third-order valence-corrected chi connectivity index (χ3v) is 3.20. The van der Waals surface area contributed by atoms with E-state index in [1.807, 2.05) is 0 Å². The molecule has 0 saturated heterocycles. The van der Waals surface area contributed by atoms with Crippen molar-refractivity contribution in [2.45, 2.75) is 57.7 Å². The Morgan fingerprint density at radius 3 is 2.55 bits per heavy atom. The summed E-state index contributed by atoms with van der Waals surface area (Å²) in [5, 5.41) is 27.9. The number of unbranched alkanes of at least 4 members (excludes halogenated alkanes) is 5. The minimum atomic E-state index is -1.34. The molecule has 2 atom stereocenters. The Hall–Kier alpha value is -1.27. The Labute approximate surface area is 119 Å². The maximum atomic E-state index is 11.5. The molecule has 3 N–H and O–H groups in total. The predicted octanol–water partition coefficient (Wildman–Crippen LogP) is 1.41. The Balaban J connectivity index is 2.31. The molecule has 0 aromatic rings. The molecule has 1 heterocycles. The first-order valence-corrected chi connectivity index (χ1v) is 7.17. The summed E-state index contributed by atoms with van der Waals surface area (Å²) in [6.07, 6.45) is 3.96. The molecule has 0 aromatic carbocycles. The zero-order chi connectivity index (χ0) is 15.0. The predicted molar refractivity (Wildman–Crippen MR) is 72.0 cm³/mol. The molecule has 20 heavy (non-hydrogen) atoms. The van der Waals surface area contributed by atoms with Crippen LogP contribution in [-0.4, -0.2) is 46.7 Å². The van der Waals surface area contributed by atoms with Crippen LogP contribution in [0.25, 0.3) is 0 Å². The molecule has 6 nitrogen and oxygen atoms in total. The second-order valence-corrected chi connectivity index (χ2v) is 4.91. The van der Waals surface area contributed by atoms with Gasteiger partial charge in [-0.2, -0.15) is 0 Å². The van der Waals surface area contributed by atoms with Gasteiger partial charge in [0.05, 0.1) is 13.2 Å². The van der Waals surface area contributed by atoms with Gasteiger partial charge < -0.3 is 24.8 Å². The van der Waals surface area contributed by atoms with E-state index >= 15 is 0 Å². The number of rotatable bonds is 10. The van der Waals surface area contributed by atoms with Crippen LogP contribution in [0.5, 0.6) is 0 Å². The van der Waals surface area contributed by atoms with Gasteiger partial charge in [-0.25, -0.2) is 4.79 Å². The van der Waals surface area contributed by atoms with Gasteiger partial charge in [0.2, 0.25) is 5.76 Å². The minimum absolute atomic E-state index is 0.254. The summed E-state index contributed by atoms with van der Waals surface area (Å²) in [6, 6.07) is 0. The third kappa shape index (κ3) is 4.68. The van der Waals surface area contributed by atoms with E-state index in [0.29, 0.717) is 6.61 Å². The van der Waals surface area contributed by atoms with Gasteiger partial charge in [-0.15, -0.1) is 0 Å². The quantitative estimate of drug-likeness (QED) is 0.415. The fourth-order valence-corrected chi connectivity index (χ4v) is 2.00. The highest BCUT2D eigenvalue weighted by Gasteiger charge is 2.40. The van der Waals surface area contributed by atoms with Gasteiger partial charge in [-0.3, -0.25) is 0 Å². The molecule has 0 radical (unpaired) electrons. The van der Waals surface area contributed by atoms with E-state index in [1.165, 1.54) is 19.3 Å². The van der Waals surface area contributed by atoms with Gasteiger partial charge in [-0.1, -0.05) is 39.0 Å². The molecule has 1 rings (SSSR count). The summed E-state index contributed by atoms with van der Waals surface area (Å²) in [5.41, 5.74) is 0. The van der Waals surface area contributed by atoms with E-state index in [9.17, 15) is 15.0 Å². The SMILES string of the molecule is CCCCCCCCOC1=C(O)[C@@H]([C@@H](O)CO)OC1=O. The molecule has 0 aliphatic carbocycles. The van der Waals surface area contributed by atoms with Crippen LogP contribution < -0.4 is 0 Å². The molecule has 116 valence electrons. The van der Waals surface area contributed by atoms with Crippen LogP contribution in [-0.2, 0) is 14.3 Å². The van der Waals surface area contributed by atoms with Crippen molar-refractivity contribution in [2.24, 2.45) is 0 Å². The molecule has 0 unspecified atom stereocenters. The monoisotopic (exact) mass is 288 g/mol. The van der Waals surface area contributed by atoms with Gasteiger partial charge >= 0.3 is 5.97 Å². The topological polar surface area (TPSA) is 96.2 Å². The first-order valence-electron chi connectivity index (χ1n) is 7.17. The molecule has 0 fully saturated rings. The Morgan fingerprint density at radius 2 is 1.90 bits per heavy atom. The highest BCUT2D eigenvalue weighted by molar-refractivity contribution is 5.89. The van der Waals surface area contributed by atoms with Crippen molar-refractivity contribution >= 4 is 5.97 Å². The largest absolute Gasteiger partial charge is 0.505 e. The zero-order valence-electron chi connectivity index (χ0n) is 11.9. The standard InChI is InChI=1S/C14H24O6/c1-2-3-4-5-6-7-8-19-13-11(17)12(10(16)9-15)20-14(13)18/h10,12,15-17H,2-9H2,1H3/t10-,12+/m0/s1. The smallest absolute Gasteiger partial charge is 0.378 e. The van der Waals surface area contributed by atoms with Crippen molar-refractivity contribution in [2.75, 3.05) is 13.2 Å². The third-order valence-electron chi connectivity index (χ3n) is 3.20. The van der Waals surface area contributed by atoms with Gasteiger partial charge in [-0.05, 0) is 6.42 Å². The second kappa shape index (κ2) is 8.81. The van der Waals surface area contributed by atoms with Crippen LogP contribution in [0.15, 0.2) is 11.5 Å². The number of cyclic esters (lactones) is 1. The lowest BCUT2D eigenvalue weighted by atomic mass is 10.1. The number of carbonyl (C=O) groups is 1. The number of ether oxygens (including phenoxy) is 2. The number of hydrogen-bond acceptors (Lipinski definition) is 6. The molecule has 1 aliphatic heterocycles. The number of aliphatic hydroxyl groups is 3. The van der Waals surface area contributed by atoms with Gasteiger partial charge in [0.25, 0.3) is 0 Å². The number of esters is 1. The van der Waals surface area contributed by atoms with E-state index in [4.69, 9.17) is 14.6 Å². The highest BCUT2D eigenvalue weighted by atomic mass is 16.6. The summed E-state index contributed by atoms with van der Waals surface area (Å²) in [5.74, 6) is -1.50. The summed E-state index contributed by atoms with van der Waals surface area (Å²) < 4.78 is 9.97. The Bertz CT molecular complexity index is 339. The number of aliphatic hydroxyl groups excluding tert-OH is 3. The maximum Gasteiger partial charge on any atom is 0.378 e. The minimum Gasteiger partial charge on any atom is -0.505 e. The molecule has 0 bridgehead atoms. The summed E-state index contributed by atoms with van der Waals surface area (Å²) in [4.78, 5) is 11.5. The molecule has 1 aliphatic rings. The highest BCUT2D eigenvalue weighted by Crippen LogP contribution is 2.24. The first-order chi connectivity index (χ1) is 9.61. The van der Waals surface area contributed by atoms with Crippen LogP contribution in [0.1, 0.15) is 45.4 Å². The number of hydrogen-bond donors (Lipinski definition) is 3. The van der Waals surface area contributed by atoms with Crippen LogP contribution in [0.2, 0.25) is 0 Å². The van der Waals surface area contributed by atoms with E-state index in [2.05, 4.69) is 6.92 Å². The van der Waals surface area contributed by atoms with Crippen LogP contribution >= 0.6 is 0 Å². The van der Waals surface area contributed by atoms with E-state index < -0.39 is 30.5 Å². The van der Waals surface area contributed by atoms with Gasteiger partial charge in [0, 0.05) is 0 Å². The Morgan fingerprint density at radius 1 is 1.25 bits per heavy atom. The lowest BCUT2D eigenvalue weighted by Crippen LogP contribution is -2.31. The van der Waals surface area contributed by atoms with Crippen molar-refractivity contribution in [3.8, 4) is 0 Å². The van der Waals surface area contributed by atoms with Gasteiger partial charge in [0.15, 0.2) is 11.9 Å². The lowest BCUT2D eigenvalue weighted by molar-refractivity contribution is -0.148. The molecule has 6 heteroatoms. The summed E-state index contributed by atoms with van der Waals surface area (Å²) in [6.45, 7) is 1.87. The Kier molecular flexibility index (Phi) is 7.40. The van der Waals surface area contributed by atoms with Crippen molar-refractivity contribution in [1.29, 1.82) is 0 Å². The molecule has 0 spiro atoms. The average Bonchev–Trinajstić information content (AvgIpc) is 2.73. The van der Waals surface area contributed by atoms with Crippen LogP contribution in [0.3, 0.4) is 0 Å². The van der Waals surface area contributed by atoms with E-state index in [0.717, 1.165) is 19.3 Å². The molecule has 0 aromatic heterocycles. The molecular formula is C14H24O6. The fraction of sp³-hybridized carbons (Fsp3) is 0.786. The zero-order valence-corrected chi connectivity index (χ0v) is 11.9. The first kappa shape index (κ1) is 16.8. The van der Waals surface area contributed by atoms with Crippen molar-refractivity contribution in [1.82, 2.24) is 0 Å². The van der Waals surface area contributed by atoms with Crippen molar-refractivity contribution in [3.05, 3.63) is 11.5 Å². The molecule has 0 saturated carbocycles. The van der Waals surface area contributed by atoms with Crippen LogP contribution in [0, 0.1) is 0 Å². The summed E-state index contributed by atoms with van der Waals surface area (Å²) in [7, 11) is 0. The normalized spacial score (nSPS) is 20.1. The van der Waals surface area contributed by atoms with Gasteiger partial charge in [0.1, 0.15) is 6.10 Å². The molecule has 0 amide bonds.